The van der Waals surface area contributed by atoms with Crippen LogP contribution >= 0.6 is 0 Å². The van der Waals surface area contributed by atoms with Crippen molar-refractivity contribution in [3.05, 3.63) is 90.0 Å². The van der Waals surface area contributed by atoms with E-state index in [0.29, 0.717) is 30.0 Å². The van der Waals surface area contributed by atoms with Crippen molar-refractivity contribution in [1.82, 2.24) is 0 Å². The van der Waals surface area contributed by atoms with E-state index >= 15 is 0 Å². The highest BCUT2D eigenvalue weighted by molar-refractivity contribution is 6.08. The van der Waals surface area contributed by atoms with Gasteiger partial charge in [-0.2, -0.15) is 0 Å². The number of amides is 2. The van der Waals surface area contributed by atoms with Crippen molar-refractivity contribution in [3.63, 3.8) is 0 Å². The van der Waals surface area contributed by atoms with Gasteiger partial charge in [-0.1, -0.05) is 56.9 Å². The van der Waals surface area contributed by atoms with Crippen molar-refractivity contribution in [1.29, 1.82) is 0 Å². The molecule has 0 saturated heterocycles. The number of anilines is 2. The summed E-state index contributed by atoms with van der Waals surface area (Å²) < 4.78 is 5.78. The molecule has 0 atom stereocenters. The average molecular weight is 459 g/mol. The predicted molar refractivity (Wildman–Crippen MR) is 139 cm³/mol. The van der Waals surface area contributed by atoms with Gasteiger partial charge in [-0.05, 0) is 67.9 Å². The Morgan fingerprint density at radius 1 is 0.794 bits per heavy atom. The second kappa shape index (κ2) is 13.2. The topological polar surface area (TPSA) is 58.6 Å². The molecule has 3 aromatic carbocycles. The van der Waals surface area contributed by atoms with E-state index in [4.69, 9.17) is 4.74 Å². The van der Waals surface area contributed by atoms with Gasteiger partial charge in [-0.3, -0.25) is 9.59 Å². The van der Waals surface area contributed by atoms with Gasteiger partial charge in [0.15, 0.2) is 0 Å². The third-order valence-corrected chi connectivity index (χ3v) is 5.63. The van der Waals surface area contributed by atoms with Crippen LogP contribution in [-0.4, -0.2) is 25.0 Å². The van der Waals surface area contributed by atoms with Crippen LogP contribution in [0.2, 0.25) is 0 Å². The number of benzene rings is 3. The quantitative estimate of drug-likeness (QED) is 0.299. The lowest BCUT2D eigenvalue weighted by molar-refractivity contribution is 0.0985. The Labute approximate surface area is 202 Å². The molecule has 34 heavy (non-hydrogen) atoms. The third kappa shape index (κ3) is 7.20. The van der Waals surface area contributed by atoms with Crippen LogP contribution in [0.1, 0.15) is 66.7 Å². The first-order valence-electron chi connectivity index (χ1n) is 12.1. The molecule has 1 N–H and O–H groups in total. The van der Waals surface area contributed by atoms with Crippen LogP contribution in [0.25, 0.3) is 0 Å². The molecule has 0 heterocycles. The maximum absolute atomic E-state index is 13.1. The summed E-state index contributed by atoms with van der Waals surface area (Å²) in [6.45, 7) is 5.38. The molecule has 5 heteroatoms. The van der Waals surface area contributed by atoms with Crippen LogP contribution in [0.3, 0.4) is 0 Å². The molecule has 3 aromatic rings. The first-order chi connectivity index (χ1) is 16.6. The van der Waals surface area contributed by atoms with E-state index in [-0.39, 0.29) is 11.8 Å². The average Bonchev–Trinajstić information content (AvgIpc) is 2.87. The van der Waals surface area contributed by atoms with Crippen LogP contribution in [0, 0.1) is 0 Å². The number of carbonyl (C=O) groups is 2. The number of nitrogens with zero attached hydrogens (tertiary/aromatic N) is 1. The lowest BCUT2D eigenvalue weighted by Crippen LogP contribution is -2.30. The molecule has 0 bridgehead atoms. The van der Waals surface area contributed by atoms with Gasteiger partial charge in [0, 0.05) is 29.0 Å². The van der Waals surface area contributed by atoms with Crippen LogP contribution < -0.4 is 15.0 Å². The molecule has 0 fully saturated rings. The molecule has 0 aliphatic rings. The van der Waals surface area contributed by atoms with Gasteiger partial charge in [0.2, 0.25) is 0 Å². The first-order valence-corrected chi connectivity index (χ1v) is 12.1. The van der Waals surface area contributed by atoms with Gasteiger partial charge >= 0.3 is 0 Å². The lowest BCUT2D eigenvalue weighted by atomic mass is 10.1. The fourth-order valence-electron chi connectivity index (χ4n) is 3.74. The maximum atomic E-state index is 13.1. The summed E-state index contributed by atoms with van der Waals surface area (Å²) in [5, 5.41) is 2.89. The zero-order valence-corrected chi connectivity index (χ0v) is 20.1. The Bertz CT molecular complexity index is 1050. The molecule has 2 amide bonds. The van der Waals surface area contributed by atoms with E-state index in [2.05, 4.69) is 12.2 Å². The van der Waals surface area contributed by atoms with Crippen LogP contribution in [0.5, 0.6) is 5.75 Å². The molecule has 0 aliphatic carbocycles. The van der Waals surface area contributed by atoms with Gasteiger partial charge in [0.1, 0.15) is 5.75 Å². The van der Waals surface area contributed by atoms with Crippen LogP contribution in [0.4, 0.5) is 11.4 Å². The molecule has 5 nitrogen and oxygen atoms in total. The van der Waals surface area contributed by atoms with Crippen molar-refractivity contribution in [2.45, 2.75) is 46.0 Å². The highest BCUT2D eigenvalue weighted by Gasteiger charge is 2.16. The van der Waals surface area contributed by atoms with Crippen molar-refractivity contribution < 1.29 is 14.3 Å². The Morgan fingerprint density at radius 3 is 2.24 bits per heavy atom. The minimum Gasteiger partial charge on any atom is -0.494 e. The minimum absolute atomic E-state index is 0.110. The van der Waals surface area contributed by atoms with E-state index in [9.17, 15) is 9.59 Å². The second-order valence-electron chi connectivity index (χ2n) is 8.21. The molecule has 0 saturated carbocycles. The summed E-state index contributed by atoms with van der Waals surface area (Å²) in [4.78, 5) is 27.5. The van der Waals surface area contributed by atoms with E-state index in [0.717, 1.165) is 17.9 Å². The molecular weight excluding hydrogens is 424 g/mol. The predicted octanol–water partition coefficient (Wildman–Crippen LogP) is 6.95. The van der Waals surface area contributed by atoms with E-state index in [1.165, 1.54) is 25.7 Å². The van der Waals surface area contributed by atoms with Crippen LogP contribution in [-0.2, 0) is 0 Å². The number of unbranched alkanes of at least 4 members (excludes halogenated alkanes) is 4. The zero-order chi connectivity index (χ0) is 24.2. The Kier molecular flexibility index (Phi) is 9.71. The van der Waals surface area contributed by atoms with Crippen molar-refractivity contribution in [3.8, 4) is 5.75 Å². The van der Waals surface area contributed by atoms with Gasteiger partial charge in [-0.15, -0.1) is 0 Å². The van der Waals surface area contributed by atoms with Crippen LogP contribution in [0.15, 0.2) is 78.9 Å². The summed E-state index contributed by atoms with van der Waals surface area (Å²) in [5.41, 5.74) is 2.47. The van der Waals surface area contributed by atoms with Gasteiger partial charge in [0.05, 0.1) is 6.61 Å². The summed E-state index contributed by atoms with van der Waals surface area (Å²) in [7, 11) is 0. The molecule has 178 valence electrons. The normalized spacial score (nSPS) is 10.5. The van der Waals surface area contributed by atoms with E-state index < -0.39 is 0 Å². The number of hydrogen-bond acceptors (Lipinski definition) is 3. The summed E-state index contributed by atoms with van der Waals surface area (Å²) in [6, 6.07) is 23.7. The lowest BCUT2D eigenvalue weighted by Gasteiger charge is -2.21. The van der Waals surface area contributed by atoms with Crippen molar-refractivity contribution in [2.24, 2.45) is 0 Å². The monoisotopic (exact) mass is 458 g/mol. The van der Waals surface area contributed by atoms with Crippen molar-refractivity contribution >= 4 is 23.2 Å². The zero-order valence-electron chi connectivity index (χ0n) is 20.1. The first kappa shape index (κ1) is 25.0. The smallest absolute Gasteiger partial charge is 0.258 e. The number of para-hydroxylation sites is 1. The van der Waals surface area contributed by atoms with E-state index in [1.54, 1.807) is 41.3 Å². The second-order valence-corrected chi connectivity index (χ2v) is 8.21. The van der Waals surface area contributed by atoms with E-state index in [1.807, 2.05) is 49.4 Å². The Hall–Kier alpha value is -3.60. The highest BCUT2D eigenvalue weighted by Crippen LogP contribution is 2.20. The fourth-order valence-corrected chi connectivity index (χ4v) is 3.74. The number of rotatable bonds is 12. The number of ether oxygens (including phenoxy) is 1. The minimum atomic E-state index is -0.230. The largest absolute Gasteiger partial charge is 0.494 e. The molecular formula is C29H34N2O3. The highest BCUT2D eigenvalue weighted by atomic mass is 16.5. The molecule has 0 unspecified atom stereocenters. The number of hydrogen-bond donors (Lipinski definition) is 1. The van der Waals surface area contributed by atoms with Gasteiger partial charge < -0.3 is 15.0 Å². The third-order valence-electron chi connectivity index (χ3n) is 5.63. The maximum Gasteiger partial charge on any atom is 0.258 e. The molecule has 0 aromatic heterocycles. The standard InChI is InChI=1S/C29H34N2O3/c1-3-5-6-7-11-21-34-27-19-17-23(18-20-27)28(32)30-25-14-12-13-24(22-25)29(33)31(4-2)26-15-9-8-10-16-26/h8-10,12-20,22H,3-7,11,21H2,1-2H3,(H,30,32). The fraction of sp³-hybridized carbons (Fsp3) is 0.310. The summed E-state index contributed by atoms with van der Waals surface area (Å²) in [5.74, 6) is 0.423. The molecule has 3 rings (SSSR count). The molecule has 0 aliphatic heterocycles. The van der Waals surface area contributed by atoms with Gasteiger partial charge in [0.25, 0.3) is 11.8 Å². The molecule has 0 radical (unpaired) electrons. The number of nitrogens with one attached hydrogen (secondary N) is 1. The molecule has 0 spiro atoms. The summed E-state index contributed by atoms with van der Waals surface area (Å²) in [6.07, 6.45) is 5.96. The Morgan fingerprint density at radius 2 is 1.53 bits per heavy atom. The summed E-state index contributed by atoms with van der Waals surface area (Å²) >= 11 is 0. The SMILES string of the molecule is CCCCCCCOc1ccc(C(=O)Nc2cccc(C(=O)N(CC)c3ccccc3)c2)cc1. The van der Waals surface area contributed by atoms with Gasteiger partial charge in [-0.25, -0.2) is 0 Å². The number of carbonyl (C=O) groups excluding carboxylic acids is 2. The van der Waals surface area contributed by atoms with Crippen molar-refractivity contribution in [2.75, 3.05) is 23.4 Å². The Balaban J connectivity index is 1.58.